The molecule has 0 fully saturated rings. The predicted octanol–water partition coefficient (Wildman–Crippen LogP) is 3.80. The molecule has 1 aliphatic rings. The number of benzene rings is 2. The van der Waals surface area contributed by atoms with Gasteiger partial charge in [0, 0.05) is 5.02 Å². The minimum Gasteiger partial charge on any atom is -0.454 e. The first kappa shape index (κ1) is 12.6. The fourth-order valence-electron chi connectivity index (χ4n) is 2.01. The Balaban J connectivity index is 2.00. The highest BCUT2D eigenvalue weighted by molar-refractivity contribution is 6.32. The third-order valence-corrected chi connectivity index (χ3v) is 3.45. The molecule has 1 aliphatic heterocycles. The second-order valence-corrected chi connectivity index (χ2v) is 5.04. The third kappa shape index (κ3) is 2.37. The summed E-state index contributed by atoms with van der Waals surface area (Å²) < 4.78 is 10.5. The van der Waals surface area contributed by atoms with Crippen molar-refractivity contribution in [3.05, 3.63) is 57.6 Å². The van der Waals surface area contributed by atoms with Crippen molar-refractivity contribution in [1.29, 1.82) is 0 Å². The van der Waals surface area contributed by atoms with Crippen molar-refractivity contribution in [1.82, 2.24) is 0 Å². The van der Waals surface area contributed by atoms with E-state index in [1.54, 1.807) is 36.4 Å². The predicted molar refractivity (Wildman–Crippen MR) is 73.1 cm³/mol. The Morgan fingerprint density at radius 3 is 2.68 bits per heavy atom. The maximum absolute atomic E-state index is 10.4. The molecule has 1 atom stereocenters. The molecule has 1 N–H and O–H groups in total. The van der Waals surface area contributed by atoms with Crippen molar-refractivity contribution in [2.24, 2.45) is 0 Å². The summed E-state index contributed by atoms with van der Waals surface area (Å²) in [6, 6.07) is 10.4. The highest BCUT2D eigenvalue weighted by Gasteiger charge is 2.21. The van der Waals surface area contributed by atoms with Crippen LogP contribution in [0.4, 0.5) is 0 Å². The first-order chi connectivity index (χ1) is 9.15. The normalized spacial score (nSPS) is 14.5. The van der Waals surface area contributed by atoms with Crippen molar-refractivity contribution in [2.75, 3.05) is 6.79 Å². The summed E-state index contributed by atoms with van der Waals surface area (Å²) in [4.78, 5) is 0. The van der Waals surface area contributed by atoms with Gasteiger partial charge in [-0.1, -0.05) is 35.3 Å². The number of aliphatic hydroxyl groups is 1. The van der Waals surface area contributed by atoms with E-state index in [1.165, 1.54) is 0 Å². The lowest BCUT2D eigenvalue weighted by molar-refractivity contribution is 0.173. The quantitative estimate of drug-likeness (QED) is 0.916. The van der Waals surface area contributed by atoms with Crippen molar-refractivity contribution in [3.8, 4) is 11.5 Å². The van der Waals surface area contributed by atoms with Gasteiger partial charge in [-0.2, -0.15) is 0 Å². The van der Waals surface area contributed by atoms with Crippen LogP contribution in [0.1, 0.15) is 17.2 Å². The average molecular weight is 297 g/mol. The minimum absolute atomic E-state index is 0.145. The lowest BCUT2D eigenvalue weighted by atomic mass is 10.0. The molecule has 0 saturated heterocycles. The largest absolute Gasteiger partial charge is 0.454 e. The fourth-order valence-corrected chi connectivity index (χ4v) is 2.49. The van der Waals surface area contributed by atoms with Crippen LogP contribution in [0.5, 0.6) is 11.5 Å². The Kier molecular flexibility index (Phi) is 3.27. The van der Waals surface area contributed by atoms with Gasteiger partial charge in [-0.25, -0.2) is 0 Å². The van der Waals surface area contributed by atoms with Crippen LogP contribution in [0, 0.1) is 0 Å². The Bertz CT molecular complexity index is 628. The van der Waals surface area contributed by atoms with Gasteiger partial charge in [0.05, 0.1) is 5.02 Å². The van der Waals surface area contributed by atoms with Crippen LogP contribution in [0.2, 0.25) is 10.0 Å². The maximum atomic E-state index is 10.4. The van der Waals surface area contributed by atoms with Crippen LogP contribution in [-0.2, 0) is 0 Å². The van der Waals surface area contributed by atoms with Crippen LogP contribution < -0.4 is 9.47 Å². The molecule has 0 aliphatic carbocycles. The van der Waals surface area contributed by atoms with Crippen molar-refractivity contribution < 1.29 is 14.6 Å². The molecular formula is C14H10Cl2O3. The van der Waals surface area contributed by atoms with E-state index in [0.29, 0.717) is 32.7 Å². The summed E-state index contributed by atoms with van der Waals surface area (Å²) in [5.74, 6) is 1.06. The molecule has 3 nitrogen and oxygen atoms in total. The topological polar surface area (TPSA) is 38.7 Å². The molecule has 1 heterocycles. The van der Waals surface area contributed by atoms with E-state index in [2.05, 4.69) is 0 Å². The fraction of sp³-hybridized carbons (Fsp3) is 0.143. The number of fused-ring (bicyclic) bond motifs is 1. The van der Waals surface area contributed by atoms with Gasteiger partial charge >= 0.3 is 0 Å². The van der Waals surface area contributed by atoms with Gasteiger partial charge in [0.1, 0.15) is 6.10 Å². The van der Waals surface area contributed by atoms with Gasteiger partial charge in [0.2, 0.25) is 6.79 Å². The zero-order valence-electron chi connectivity index (χ0n) is 9.77. The van der Waals surface area contributed by atoms with Gasteiger partial charge in [-0.3, -0.25) is 0 Å². The minimum atomic E-state index is -0.814. The smallest absolute Gasteiger partial charge is 0.231 e. The van der Waals surface area contributed by atoms with Gasteiger partial charge in [0.15, 0.2) is 11.5 Å². The average Bonchev–Trinajstić information content (AvgIpc) is 2.86. The summed E-state index contributed by atoms with van der Waals surface area (Å²) in [6.07, 6.45) is -0.814. The number of aliphatic hydroxyl groups excluding tert-OH is 1. The van der Waals surface area contributed by atoms with E-state index in [1.807, 2.05) is 0 Å². The van der Waals surface area contributed by atoms with Crippen molar-refractivity contribution in [2.45, 2.75) is 6.10 Å². The third-order valence-electron chi connectivity index (χ3n) is 2.93. The lowest BCUT2D eigenvalue weighted by Gasteiger charge is -2.13. The second-order valence-electron chi connectivity index (χ2n) is 4.19. The maximum Gasteiger partial charge on any atom is 0.231 e. The molecule has 0 bridgehead atoms. The number of rotatable bonds is 2. The highest BCUT2D eigenvalue weighted by atomic mass is 35.5. The molecular weight excluding hydrogens is 287 g/mol. The monoisotopic (exact) mass is 296 g/mol. The molecule has 0 radical (unpaired) electrons. The van der Waals surface area contributed by atoms with Gasteiger partial charge in [-0.15, -0.1) is 0 Å². The van der Waals surface area contributed by atoms with Crippen LogP contribution in [0.25, 0.3) is 0 Å². The zero-order chi connectivity index (χ0) is 13.4. The summed E-state index contributed by atoms with van der Waals surface area (Å²) in [5.41, 5.74) is 1.33. The molecule has 19 heavy (non-hydrogen) atoms. The van der Waals surface area contributed by atoms with Crippen LogP contribution in [0.15, 0.2) is 36.4 Å². The number of hydrogen-bond donors (Lipinski definition) is 1. The molecule has 1 unspecified atom stereocenters. The Labute approximate surface area is 120 Å². The highest BCUT2D eigenvalue weighted by Crippen LogP contribution is 2.41. The standard InChI is InChI=1S/C14H10Cl2O3/c15-10-3-1-2-8(4-10)13(17)9-5-11(16)14-12(6-9)18-7-19-14/h1-6,13,17H,7H2. The van der Waals surface area contributed by atoms with Gasteiger partial charge in [0.25, 0.3) is 0 Å². The summed E-state index contributed by atoms with van der Waals surface area (Å²) >= 11 is 12.0. The summed E-state index contributed by atoms with van der Waals surface area (Å²) in [5, 5.41) is 11.4. The van der Waals surface area contributed by atoms with E-state index in [-0.39, 0.29) is 6.79 Å². The SMILES string of the molecule is OC(c1cccc(Cl)c1)c1cc(Cl)c2c(c1)OCO2. The second kappa shape index (κ2) is 4.93. The Hall–Kier alpha value is -1.42. The molecule has 0 amide bonds. The van der Waals surface area contributed by atoms with Crippen molar-refractivity contribution in [3.63, 3.8) is 0 Å². The molecule has 2 aromatic carbocycles. The Morgan fingerprint density at radius 2 is 1.89 bits per heavy atom. The van der Waals surface area contributed by atoms with Crippen molar-refractivity contribution >= 4 is 23.2 Å². The number of hydrogen-bond acceptors (Lipinski definition) is 3. The molecule has 98 valence electrons. The number of ether oxygens (including phenoxy) is 2. The van der Waals surface area contributed by atoms with Gasteiger partial charge < -0.3 is 14.6 Å². The van der Waals surface area contributed by atoms with Crippen LogP contribution in [0.3, 0.4) is 0 Å². The van der Waals surface area contributed by atoms with Gasteiger partial charge in [-0.05, 0) is 35.4 Å². The summed E-state index contributed by atoms with van der Waals surface area (Å²) in [7, 11) is 0. The molecule has 0 spiro atoms. The molecule has 0 aromatic heterocycles. The van der Waals surface area contributed by atoms with Crippen LogP contribution in [-0.4, -0.2) is 11.9 Å². The first-order valence-electron chi connectivity index (χ1n) is 5.68. The van der Waals surface area contributed by atoms with E-state index < -0.39 is 6.10 Å². The van der Waals surface area contributed by atoms with E-state index >= 15 is 0 Å². The first-order valence-corrected chi connectivity index (χ1v) is 6.43. The Morgan fingerprint density at radius 1 is 1.05 bits per heavy atom. The lowest BCUT2D eigenvalue weighted by Crippen LogP contribution is -1.99. The van der Waals surface area contributed by atoms with Crippen LogP contribution >= 0.6 is 23.2 Å². The molecule has 0 saturated carbocycles. The van der Waals surface area contributed by atoms with E-state index in [9.17, 15) is 5.11 Å². The number of halogens is 2. The zero-order valence-corrected chi connectivity index (χ0v) is 11.3. The van der Waals surface area contributed by atoms with E-state index in [4.69, 9.17) is 32.7 Å². The van der Waals surface area contributed by atoms with E-state index in [0.717, 1.165) is 0 Å². The molecule has 3 rings (SSSR count). The summed E-state index contributed by atoms with van der Waals surface area (Å²) in [6.45, 7) is 0.145. The molecule has 2 aromatic rings. The molecule has 5 heteroatoms.